The van der Waals surface area contributed by atoms with Gasteiger partial charge in [0.2, 0.25) is 0 Å². The molecule has 2 saturated heterocycles. The highest BCUT2D eigenvalue weighted by molar-refractivity contribution is 5.80. The first-order valence-corrected chi connectivity index (χ1v) is 12.4. The van der Waals surface area contributed by atoms with Crippen molar-refractivity contribution in [3.8, 4) is 0 Å². The molecular weight excluding hydrogens is 446 g/mol. The predicted octanol–water partition coefficient (Wildman–Crippen LogP) is 2.83. The van der Waals surface area contributed by atoms with Crippen LogP contribution in [0.5, 0.6) is 0 Å². The molecule has 0 unspecified atom stereocenters. The Morgan fingerprint density at radius 2 is 2.11 bits per heavy atom. The second-order valence-corrected chi connectivity index (χ2v) is 9.46. The SMILES string of the molecule is Cc1cnc(NC[C@H]2CCCN2C2CCOCC2)c(=O)n1CC(=O)OCc1ccc2[nH]ccc2c1. The van der Waals surface area contributed by atoms with Crippen LogP contribution in [0.15, 0.2) is 41.5 Å². The van der Waals surface area contributed by atoms with Crippen LogP contribution in [0.25, 0.3) is 10.9 Å². The highest BCUT2D eigenvalue weighted by atomic mass is 16.5. The standard InChI is InChI=1S/C26H33N5O4/c1-18-14-28-25(29-15-22-3-2-10-30(22)21-7-11-34-12-8-21)26(33)31(18)16-24(32)35-17-19-4-5-23-20(13-19)6-9-27-23/h4-6,9,13-14,21-22,27H,2-3,7-8,10-12,15-17H2,1H3,(H,28,29)/t22-/m1/s1. The number of anilines is 1. The van der Waals surface area contributed by atoms with Gasteiger partial charge in [0.25, 0.3) is 5.56 Å². The van der Waals surface area contributed by atoms with E-state index in [4.69, 9.17) is 9.47 Å². The van der Waals surface area contributed by atoms with E-state index in [1.54, 1.807) is 13.1 Å². The Morgan fingerprint density at radius 1 is 1.26 bits per heavy atom. The number of carbonyl (C=O) groups excluding carboxylic acids is 1. The third-order valence-electron chi connectivity index (χ3n) is 7.15. The van der Waals surface area contributed by atoms with Crippen molar-refractivity contribution in [3.63, 3.8) is 0 Å². The average molecular weight is 480 g/mol. The molecule has 2 fully saturated rings. The maximum Gasteiger partial charge on any atom is 0.326 e. The number of hydrogen-bond donors (Lipinski definition) is 2. The van der Waals surface area contributed by atoms with Crippen molar-refractivity contribution in [2.75, 3.05) is 31.6 Å². The number of nitrogens with one attached hydrogen (secondary N) is 2. The summed E-state index contributed by atoms with van der Waals surface area (Å²) >= 11 is 0. The number of fused-ring (bicyclic) bond motifs is 1. The van der Waals surface area contributed by atoms with Gasteiger partial charge in [0, 0.05) is 55.4 Å². The molecule has 1 aromatic carbocycles. The highest BCUT2D eigenvalue weighted by Gasteiger charge is 2.31. The molecule has 2 N–H and O–H groups in total. The van der Waals surface area contributed by atoms with Crippen molar-refractivity contribution in [1.82, 2.24) is 19.4 Å². The maximum absolute atomic E-state index is 13.1. The first kappa shape index (κ1) is 23.6. The Morgan fingerprint density at radius 3 is 2.97 bits per heavy atom. The molecule has 186 valence electrons. The molecule has 35 heavy (non-hydrogen) atoms. The summed E-state index contributed by atoms with van der Waals surface area (Å²) < 4.78 is 12.4. The lowest BCUT2D eigenvalue weighted by atomic mass is 10.1. The summed E-state index contributed by atoms with van der Waals surface area (Å²) in [7, 11) is 0. The van der Waals surface area contributed by atoms with Gasteiger partial charge in [0.15, 0.2) is 5.82 Å². The smallest absolute Gasteiger partial charge is 0.326 e. The molecule has 1 atom stereocenters. The van der Waals surface area contributed by atoms with Crippen molar-refractivity contribution < 1.29 is 14.3 Å². The number of esters is 1. The maximum atomic E-state index is 13.1. The van der Waals surface area contributed by atoms with Gasteiger partial charge in [-0.3, -0.25) is 19.1 Å². The number of ether oxygens (including phenoxy) is 2. The van der Waals surface area contributed by atoms with Crippen LogP contribution in [0.1, 0.15) is 36.9 Å². The van der Waals surface area contributed by atoms with Crippen LogP contribution < -0.4 is 10.9 Å². The van der Waals surface area contributed by atoms with Crippen molar-refractivity contribution >= 4 is 22.7 Å². The van der Waals surface area contributed by atoms with Crippen LogP contribution in [0.4, 0.5) is 5.82 Å². The highest BCUT2D eigenvalue weighted by Crippen LogP contribution is 2.25. The molecular formula is C26H33N5O4. The Labute approximate surface area is 204 Å². The Kier molecular flexibility index (Phi) is 7.15. The molecule has 0 radical (unpaired) electrons. The molecule has 0 amide bonds. The summed E-state index contributed by atoms with van der Waals surface area (Å²) in [6.07, 6.45) is 7.89. The van der Waals surface area contributed by atoms with Crippen molar-refractivity contribution in [2.45, 2.75) is 57.8 Å². The van der Waals surface area contributed by atoms with Crippen LogP contribution in [0.2, 0.25) is 0 Å². The van der Waals surface area contributed by atoms with E-state index in [0.29, 0.717) is 24.3 Å². The molecule has 0 bridgehead atoms. The summed E-state index contributed by atoms with van der Waals surface area (Å²) in [5.41, 5.74) is 2.26. The molecule has 2 aliphatic heterocycles. The summed E-state index contributed by atoms with van der Waals surface area (Å²) in [6, 6.07) is 8.76. The monoisotopic (exact) mass is 479 g/mol. The number of benzene rings is 1. The topological polar surface area (TPSA) is 101 Å². The number of aromatic amines is 1. The van der Waals surface area contributed by atoms with Gasteiger partial charge in [0.05, 0.1) is 0 Å². The van der Waals surface area contributed by atoms with Crippen molar-refractivity contribution in [3.05, 3.63) is 58.3 Å². The van der Waals surface area contributed by atoms with Crippen LogP contribution in [0, 0.1) is 6.92 Å². The fourth-order valence-corrected chi connectivity index (χ4v) is 5.21. The van der Waals surface area contributed by atoms with E-state index < -0.39 is 5.97 Å². The van der Waals surface area contributed by atoms with Gasteiger partial charge in [-0.15, -0.1) is 0 Å². The number of carbonyl (C=O) groups is 1. The quantitative estimate of drug-likeness (QED) is 0.479. The third-order valence-corrected chi connectivity index (χ3v) is 7.15. The number of likely N-dealkylation sites (tertiary alicyclic amines) is 1. The van der Waals surface area contributed by atoms with Gasteiger partial charge in [0.1, 0.15) is 13.2 Å². The normalized spacial score (nSPS) is 19.3. The van der Waals surface area contributed by atoms with E-state index in [1.165, 1.54) is 4.57 Å². The first-order valence-electron chi connectivity index (χ1n) is 12.4. The van der Waals surface area contributed by atoms with Gasteiger partial charge in [-0.05, 0) is 68.3 Å². The third kappa shape index (κ3) is 5.41. The number of nitrogens with zero attached hydrogens (tertiary/aromatic N) is 3. The fraction of sp³-hybridized carbons (Fsp3) is 0.500. The fourth-order valence-electron chi connectivity index (χ4n) is 5.21. The van der Waals surface area contributed by atoms with E-state index in [0.717, 1.165) is 61.9 Å². The first-order chi connectivity index (χ1) is 17.1. The Hall–Kier alpha value is -3.17. The minimum Gasteiger partial charge on any atom is -0.459 e. The molecule has 9 nitrogen and oxygen atoms in total. The second kappa shape index (κ2) is 10.6. The van der Waals surface area contributed by atoms with Crippen LogP contribution in [-0.4, -0.2) is 63.8 Å². The van der Waals surface area contributed by atoms with E-state index >= 15 is 0 Å². The molecule has 2 aliphatic rings. The largest absolute Gasteiger partial charge is 0.459 e. The van der Waals surface area contributed by atoms with Gasteiger partial charge in [-0.25, -0.2) is 4.98 Å². The van der Waals surface area contributed by atoms with E-state index in [-0.39, 0.29) is 24.5 Å². The van der Waals surface area contributed by atoms with Crippen molar-refractivity contribution in [2.24, 2.45) is 0 Å². The Bertz CT molecular complexity index is 1230. The van der Waals surface area contributed by atoms with Crippen LogP contribution in [0.3, 0.4) is 0 Å². The number of aromatic nitrogens is 3. The number of aryl methyl sites for hydroxylation is 1. The average Bonchev–Trinajstić information content (AvgIpc) is 3.54. The molecule has 0 spiro atoms. The molecule has 5 rings (SSSR count). The van der Waals surface area contributed by atoms with E-state index in [9.17, 15) is 9.59 Å². The second-order valence-electron chi connectivity index (χ2n) is 9.46. The van der Waals surface area contributed by atoms with Gasteiger partial charge in [-0.2, -0.15) is 0 Å². The van der Waals surface area contributed by atoms with E-state index in [1.807, 2.05) is 30.5 Å². The van der Waals surface area contributed by atoms with Gasteiger partial charge in [-0.1, -0.05) is 6.07 Å². The van der Waals surface area contributed by atoms with Gasteiger partial charge < -0.3 is 19.8 Å². The minimum absolute atomic E-state index is 0.147. The predicted molar refractivity (Wildman–Crippen MR) is 133 cm³/mol. The Balaban J connectivity index is 1.19. The molecule has 3 aromatic rings. The van der Waals surface area contributed by atoms with Gasteiger partial charge >= 0.3 is 5.97 Å². The summed E-state index contributed by atoms with van der Waals surface area (Å²) in [6.45, 7) is 5.18. The summed E-state index contributed by atoms with van der Waals surface area (Å²) in [4.78, 5) is 35.7. The van der Waals surface area contributed by atoms with Crippen LogP contribution >= 0.6 is 0 Å². The molecule has 0 saturated carbocycles. The van der Waals surface area contributed by atoms with Crippen LogP contribution in [-0.2, 0) is 27.4 Å². The number of hydrogen-bond acceptors (Lipinski definition) is 7. The molecule has 0 aliphatic carbocycles. The zero-order chi connectivity index (χ0) is 24.2. The lowest BCUT2D eigenvalue weighted by molar-refractivity contribution is -0.145. The minimum atomic E-state index is -0.456. The van der Waals surface area contributed by atoms with Crippen molar-refractivity contribution in [1.29, 1.82) is 0 Å². The summed E-state index contributed by atoms with van der Waals surface area (Å²) in [5, 5.41) is 4.33. The molecule has 2 aromatic heterocycles. The zero-order valence-corrected chi connectivity index (χ0v) is 20.2. The zero-order valence-electron chi connectivity index (χ0n) is 20.2. The summed E-state index contributed by atoms with van der Waals surface area (Å²) in [5.74, 6) is -0.178. The number of H-pyrrole nitrogens is 1. The number of rotatable bonds is 8. The lowest BCUT2D eigenvalue weighted by Gasteiger charge is -2.35. The molecule has 9 heteroatoms. The lowest BCUT2D eigenvalue weighted by Crippen LogP contribution is -2.45. The molecule has 4 heterocycles. The van der Waals surface area contributed by atoms with E-state index in [2.05, 4.69) is 20.2 Å².